The summed E-state index contributed by atoms with van der Waals surface area (Å²) in [4.78, 5) is 14.9. The van der Waals surface area contributed by atoms with Gasteiger partial charge < -0.3 is 5.32 Å². The number of nitrogens with one attached hydrogen (secondary N) is 1. The number of nitrogens with zero attached hydrogens (tertiary/aromatic N) is 1. The van der Waals surface area contributed by atoms with Crippen molar-refractivity contribution in [3.63, 3.8) is 0 Å². The molecule has 1 N–H and O–H groups in total. The molecule has 1 atom stereocenters. The standard InChI is InChI=1S/C19H19FN2O/c20-16-7-5-14(6-8-16)12-22-10-9-19(13-22)11-15-3-1-2-4-17(15)21-18(19)23/h1-8H,9-13H2,(H,21,23). The molecule has 23 heavy (non-hydrogen) atoms. The number of anilines is 1. The van der Waals surface area contributed by atoms with Crippen molar-refractivity contribution in [3.8, 4) is 0 Å². The highest BCUT2D eigenvalue weighted by molar-refractivity contribution is 5.98. The van der Waals surface area contributed by atoms with E-state index >= 15 is 0 Å². The Labute approximate surface area is 135 Å². The van der Waals surface area contributed by atoms with Gasteiger partial charge in [0.15, 0.2) is 0 Å². The molecule has 3 nitrogen and oxygen atoms in total. The van der Waals surface area contributed by atoms with Gasteiger partial charge in [-0.25, -0.2) is 4.39 Å². The van der Waals surface area contributed by atoms with Crippen molar-refractivity contribution in [2.24, 2.45) is 5.41 Å². The fraction of sp³-hybridized carbons (Fsp3) is 0.316. The lowest BCUT2D eigenvalue weighted by Gasteiger charge is -2.33. The fourth-order valence-corrected chi connectivity index (χ4v) is 3.77. The van der Waals surface area contributed by atoms with Crippen molar-refractivity contribution >= 4 is 11.6 Å². The first-order valence-corrected chi connectivity index (χ1v) is 8.01. The van der Waals surface area contributed by atoms with E-state index in [2.05, 4.69) is 16.3 Å². The molecule has 2 aliphatic heterocycles. The third kappa shape index (κ3) is 2.63. The van der Waals surface area contributed by atoms with Crippen LogP contribution in [0, 0.1) is 11.2 Å². The van der Waals surface area contributed by atoms with Crippen LogP contribution in [0.4, 0.5) is 10.1 Å². The molecular weight excluding hydrogens is 291 g/mol. The SMILES string of the molecule is O=C1Nc2ccccc2CC12CCN(Cc1ccc(F)cc1)C2. The second-order valence-corrected chi connectivity index (χ2v) is 6.66. The summed E-state index contributed by atoms with van der Waals surface area (Å²) in [6.45, 7) is 2.41. The van der Waals surface area contributed by atoms with E-state index < -0.39 is 0 Å². The average molecular weight is 310 g/mol. The summed E-state index contributed by atoms with van der Waals surface area (Å²) in [6, 6.07) is 14.6. The smallest absolute Gasteiger partial charge is 0.232 e. The third-order valence-corrected chi connectivity index (χ3v) is 5.03. The normalized spacial score (nSPS) is 23.8. The molecule has 1 unspecified atom stereocenters. The molecule has 0 saturated carbocycles. The van der Waals surface area contributed by atoms with E-state index in [1.165, 1.54) is 17.7 Å². The van der Waals surface area contributed by atoms with Crippen LogP contribution < -0.4 is 5.32 Å². The molecule has 4 heteroatoms. The molecular formula is C19H19FN2O. The minimum absolute atomic E-state index is 0.137. The maximum atomic E-state index is 13.0. The number of rotatable bonds is 2. The monoisotopic (exact) mass is 310 g/mol. The van der Waals surface area contributed by atoms with Gasteiger partial charge in [0.05, 0.1) is 5.41 Å². The van der Waals surface area contributed by atoms with Gasteiger partial charge in [0.2, 0.25) is 5.91 Å². The lowest BCUT2D eigenvalue weighted by atomic mass is 9.77. The number of benzene rings is 2. The minimum atomic E-state index is -0.325. The van der Waals surface area contributed by atoms with Crippen LogP contribution in [0.15, 0.2) is 48.5 Å². The lowest BCUT2D eigenvalue weighted by Crippen LogP contribution is -2.43. The van der Waals surface area contributed by atoms with Crippen LogP contribution >= 0.6 is 0 Å². The Bertz CT molecular complexity index is 743. The summed E-state index contributed by atoms with van der Waals surface area (Å²) >= 11 is 0. The van der Waals surface area contributed by atoms with Crippen LogP contribution in [0.2, 0.25) is 0 Å². The number of para-hydroxylation sites is 1. The number of halogens is 1. The van der Waals surface area contributed by atoms with Gasteiger partial charge in [-0.3, -0.25) is 9.69 Å². The molecule has 1 fully saturated rings. The quantitative estimate of drug-likeness (QED) is 0.924. The van der Waals surface area contributed by atoms with E-state index in [1.54, 1.807) is 0 Å². The first kappa shape index (κ1) is 14.4. The molecule has 0 aliphatic carbocycles. The van der Waals surface area contributed by atoms with E-state index in [9.17, 15) is 9.18 Å². The molecule has 1 spiro atoms. The second kappa shape index (κ2) is 5.46. The summed E-state index contributed by atoms with van der Waals surface area (Å²) in [7, 11) is 0. The molecule has 2 aliphatic rings. The first-order chi connectivity index (χ1) is 11.1. The Morgan fingerprint density at radius 3 is 2.74 bits per heavy atom. The highest BCUT2D eigenvalue weighted by Gasteiger charge is 2.46. The Morgan fingerprint density at radius 2 is 1.91 bits per heavy atom. The van der Waals surface area contributed by atoms with Crippen LogP contribution in [0.5, 0.6) is 0 Å². The van der Waals surface area contributed by atoms with Gasteiger partial charge in [0, 0.05) is 18.8 Å². The molecule has 0 bridgehead atoms. The Balaban J connectivity index is 1.51. The first-order valence-electron chi connectivity index (χ1n) is 8.01. The van der Waals surface area contributed by atoms with E-state index in [0.29, 0.717) is 0 Å². The third-order valence-electron chi connectivity index (χ3n) is 5.03. The van der Waals surface area contributed by atoms with Crippen molar-refractivity contribution in [1.29, 1.82) is 0 Å². The molecule has 1 amide bonds. The van der Waals surface area contributed by atoms with Crippen LogP contribution in [-0.4, -0.2) is 23.9 Å². The van der Waals surface area contributed by atoms with Crippen molar-refractivity contribution in [1.82, 2.24) is 4.90 Å². The van der Waals surface area contributed by atoms with Gasteiger partial charge in [-0.05, 0) is 48.7 Å². The maximum absolute atomic E-state index is 13.0. The number of hydrogen-bond donors (Lipinski definition) is 1. The molecule has 0 radical (unpaired) electrons. The predicted octanol–water partition coefficient (Wildman–Crippen LogP) is 3.21. The maximum Gasteiger partial charge on any atom is 0.232 e. The average Bonchev–Trinajstić information content (AvgIpc) is 2.95. The number of likely N-dealkylation sites (tertiary alicyclic amines) is 1. The number of amides is 1. The van der Waals surface area contributed by atoms with Crippen LogP contribution in [0.25, 0.3) is 0 Å². The Morgan fingerprint density at radius 1 is 1.13 bits per heavy atom. The highest BCUT2D eigenvalue weighted by Crippen LogP contribution is 2.41. The number of fused-ring (bicyclic) bond motifs is 1. The highest BCUT2D eigenvalue weighted by atomic mass is 19.1. The van der Waals surface area contributed by atoms with Gasteiger partial charge in [0.1, 0.15) is 5.82 Å². The van der Waals surface area contributed by atoms with E-state index in [0.717, 1.165) is 43.7 Å². The second-order valence-electron chi connectivity index (χ2n) is 6.66. The Hall–Kier alpha value is -2.20. The molecule has 2 aromatic carbocycles. The minimum Gasteiger partial charge on any atom is -0.325 e. The van der Waals surface area contributed by atoms with Gasteiger partial charge in [-0.1, -0.05) is 30.3 Å². The number of carbonyl (C=O) groups excluding carboxylic acids is 1. The summed E-state index contributed by atoms with van der Waals surface area (Å²) in [5, 5.41) is 3.07. The molecule has 4 rings (SSSR count). The van der Waals surface area contributed by atoms with E-state index in [1.807, 2.05) is 30.3 Å². The van der Waals surface area contributed by atoms with Crippen LogP contribution in [0.1, 0.15) is 17.5 Å². The summed E-state index contributed by atoms with van der Waals surface area (Å²) in [5.41, 5.74) is 2.92. The van der Waals surface area contributed by atoms with E-state index in [-0.39, 0.29) is 17.1 Å². The lowest BCUT2D eigenvalue weighted by molar-refractivity contribution is -0.125. The van der Waals surface area contributed by atoms with E-state index in [4.69, 9.17) is 0 Å². The number of hydrogen-bond acceptors (Lipinski definition) is 2. The summed E-state index contributed by atoms with van der Waals surface area (Å²) in [5.74, 6) is -0.0762. The Kier molecular flexibility index (Phi) is 3.42. The molecule has 2 heterocycles. The van der Waals surface area contributed by atoms with Crippen LogP contribution in [0.3, 0.4) is 0 Å². The zero-order chi connectivity index (χ0) is 15.9. The molecule has 118 valence electrons. The largest absolute Gasteiger partial charge is 0.325 e. The van der Waals surface area contributed by atoms with Crippen LogP contribution in [-0.2, 0) is 17.8 Å². The van der Waals surface area contributed by atoms with Gasteiger partial charge in [-0.15, -0.1) is 0 Å². The summed E-state index contributed by atoms with van der Waals surface area (Å²) < 4.78 is 13.0. The van der Waals surface area contributed by atoms with Gasteiger partial charge in [0.25, 0.3) is 0 Å². The fourth-order valence-electron chi connectivity index (χ4n) is 3.77. The van der Waals surface area contributed by atoms with Crippen molar-refractivity contribution in [2.75, 3.05) is 18.4 Å². The topological polar surface area (TPSA) is 32.3 Å². The van der Waals surface area contributed by atoms with Crippen molar-refractivity contribution in [2.45, 2.75) is 19.4 Å². The van der Waals surface area contributed by atoms with Crippen molar-refractivity contribution < 1.29 is 9.18 Å². The number of carbonyl (C=O) groups is 1. The summed E-state index contributed by atoms with van der Waals surface area (Å²) in [6.07, 6.45) is 1.67. The zero-order valence-corrected chi connectivity index (χ0v) is 12.9. The molecule has 2 aromatic rings. The molecule has 0 aromatic heterocycles. The zero-order valence-electron chi connectivity index (χ0n) is 12.9. The van der Waals surface area contributed by atoms with Gasteiger partial charge in [-0.2, -0.15) is 0 Å². The van der Waals surface area contributed by atoms with Crippen molar-refractivity contribution in [3.05, 3.63) is 65.5 Å². The van der Waals surface area contributed by atoms with Gasteiger partial charge >= 0.3 is 0 Å². The predicted molar refractivity (Wildman–Crippen MR) is 87.5 cm³/mol. The molecule has 1 saturated heterocycles.